The van der Waals surface area contributed by atoms with Crippen molar-refractivity contribution in [2.75, 3.05) is 20.1 Å². The van der Waals surface area contributed by atoms with Gasteiger partial charge in [0, 0.05) is 13.1 Å². The van der Waals surface area contributed by atoms with E-state index in [1.807, 2.05) is 4.90 Å². The fourth-order valence-electron chi connectivity index (χ4n) is 1.94. The Kier molecular flexibility index (Phi) is 4.41. The largest absolute Gasteiger partial charge is 0.358 e. The Bertz CT molecular complexity index is 228. The molecule has 0 radical (unpaired) electrons. The third kappa shape index (κ3) is 3.00. The van der Waals surface area contributed by atoms with Crippen molar-refractivity contribution < 1.29 is 4.79 Å². The van der Waals surface area contributed by atoms with E-state index < -0.39 is 0 Å². The van der Waals surface area contributed by atoms with Gasteiger partial charge in [-0.15, -0.1) is 0 Å². The van der Waals surface area contributed by atoms with Crippen molar-refractivity contribution >= 4 is 5.91 Å². The van der Waals surface area contributed by atoms with Crippen molar-refractivity contribution in [3.05, 3.63) is 0 Å². The SMILES string of the molecule is CNC(=O)CN(CC#N)C1CCCC1. The van der Waals surface area contributed by atoms with Gasteiger partial charge in [-0.1, -0.05) is 12.8 Å². The van der Waals surface area contributed by atoms with Crippen LogP contribution in [0.4, 0.5) is 0 Å². The highest BCUT2D eigenvalue weighted by atomic mass is 16.1. The number of nitriles is 1. The van der Waals surface area contributed by atoms with Gasteiger partial charge in [0.15, 0.2) is 0 Å². The molecule has 4 nitrogen and oxygen atoms in total. The van der Waals surface area contributed by atoms with Crippen LogP contribution in [0.5, 0.6) is 0 Å². The van der Waals surface area contributed by atoms with Gasteiger partial charge < -0.3 is 5.32 Å². The van der Waals surface area contributed by atoms with E-state index in [9.17, 15) is 4.79 Å². The standard InChI is InChI=1S/C10H17N3O/c1-12-10(14)8-13(7-6-11)9-4-2-3-5-9/h9H,2-5,7-8H2,1H3,(H,12,14). The molecule has 0 aliphatic heterocycles. The molecule has 0 aromatic carbocycles. The zero-order valence-corrected chi connectivity index (χ0v) is 8.62. The number of carbonyl (C=O) groups excluding carboxylic acids is 1. The number of likely N-dealkylation sites (N-methyl/N-ethyl adjacent to an activating group) is 1. The molecule has 1 aliphatic rings. The first kappa shape index (κ1) is 11.0. The highest BCUT2D eigenvalue weighted by Gasteiger charge is 2.23. The summed E-state index contributed by atoms with van der Waals surface area (Å²) in [6.45, 7) is 0.715. The summed E-state index contributed by atoms with van der Waals surface area (Å²) in [6.07, 6.45) is 4.69. The maximum absolute atomic E-state index is 11.2. The Morgan fingerprint density at radius 1 is 1.57 bits per heavy atom. The second-order valence-electron chi connectivity index (χ2n) is 3.67. The Morgan fingerprint density at radius 3 is 2.71 bits per heavy atom. The van der Waals surface area contributed by atoms with Crippen molar-refractivity contribution in [2.45, 2.75) is 31.7 Å². The van der Waals surface area contributed by atoms with E-state index in [4.69, 9.17) is 5.26 Å². The van der Waals surface area contributed by atoms with Crippen LogP contribution in [0.15, 0.2) is 0 Å². The Balaban J connectivity index is 2.45. The van der Waals surface area contributed by atoms with Crippen molar-refractivity contribution in [1.29, 1.82) is 5.26 Å². The van der Waals surface area contributed by atoms with E-state index >= 15 is 0 Å². The first-order valence-corrected chi connectivity index (χ1v) is 5.09. The molecule has 1 amide bonds. The number of amides is 1. The van der Waals surface area contributed by atoms with Crippen LogP contribution in [0.3, 0.4) is 0 Å². The minimum absolute atomic E-state index is 0.00727. The summed E-state index contributed by atoms with van der Waals surface area (Å²) in [4.78, 5) is 13.2. The smallest absolute Gasteiger partial charge is 0.233 e. The topological polar surface area (TPSA) is 56.1 Å². The minimum atomic E-state index is -0.00727. The quantitative estimate of drug-likeness (QED) is 0.665. The average Bonchev–Trinajstić information content (AvgIpc) is 2.69. The molecule has 0 unspecified atom stereocenters. The summed E-state index contributed by atoms with van der Waals surface area (Å²) in [6, 6.07) is 2.56. The summed E-state index contributed by atoms with van der Waals surface area (Å²) < 4.78 is 0. The number of nitrogens with zero attached hydrogens (tertiary/aromatic N) is 2. The highest BCUT2D eigenvalue weighted by molar-refractivity contribution is 5.77. The first-order chi connectivity index (χ1) is 6.77. The van der Waals surface area contributed by atoms with Gasteiger partial charge in [0.2, 0.25) is 5.91 Å². The Hall–Kier alpha value is -1.08. The molecule has 1 saturated carbocycles. The fourth-order valence-corrected chi connectivity index (χ4v) is 1.94. The van der Waals surface area contributed by atoms with E-state index in [0.717, 1.165) is 12.8 Å². The molecule has 0 aromatic rings. The van der Waals surface area contributed by atoms with Gasteiger partial charge in [-0.2, -0.15) is 5.26 Å². The van der Waals surface area contributed by atoms with Crippen molar-refractivity contribution in [1.82, 2.24) is 10.2 Å². The molecule has 0 saturated heterocycles. The molecule has 0 aromatic heterocycles. The number of rotatable bonds is 4. The van der Waals surface area contributed by atoms with Crippen molar-refractivity contribution in [3.8, 4) is 6.07 Å². The van der Waals surface area contributed by atoms with Crippen LogP contribution in [-0.2, 0) is 4.79 Å². The Morgan fingerprint density at radius 2 is 2.21 bits per heavy atom. The molecule has 0 heterocycles. The normalized spacial score (nSPS) is 16.9. The summed E-state index contributed by atoms with van der Waals surface area (Å²) in [5.41, 5.74) is 0. The summed E-state index contributed by atoms with van der Waals surface area (Å²) in [7, 11) is 1.63. The molecule has 1 rings (SSSR count). The van der Waals surface area contributed by atoms with Gasteiger partial charge >= 0.3 is 0 Å². The van der Waals surface area contributed by atoms with E-state index in [0.29, 0.717) is 19.1 Å². The van der Waals surface area contributed by atoms with Crippen LogP contribution in [0.2, 0.25) is 0 Å². The third-order valence-electron chi connectivity index (χ3n) is 2.74. The van der Waals surface area contributed by atoms with Crippen molar-refractivity contribution in [2.24, 2.45) is 0 Å². The summed E-state index contributed by atoms with van der Waals surface area (Å²) in [5, 5.41) is 11.2. The van der Waals surface area contributed by atoms with Crippen LogP contribution in [0.1, 0.15) is 25.7 Å². The zero-order valence-electron chi connectivity index (χ0n) is 8.62. The first-order valence-electron chi connectivity index (χ1n) is 5.09. The number of hydrogen-bond acceptors (Lipinski definition) is 3. The lowest BCUT2D eigenvalue weighted by Gasteiger charge is -2.24. The van der Waals surface area contributed by atoms with Crippen LogP contribution in [-0.4, -0.2) is 37.0 Å². The predicted molar refractivity (Wildman–Crippen MR) is 53.5 cm³/mol. The van der Waals surface area contributed by atoms with Crippen LogP contribution in [0, 0.1) is 11.3 Å². The predicted octanol–water partition coefficient (Wildman–Crippen LogP) is 0.501. The second kappa shape index (κ2) is 5.61. The van der Waals surface area contributed by atoms with Gasteiger partial charge in [0.1, 0.15) is 0 Å². The van der Waals surface area contributed by atoms with Crippen LogP contribution < -0.4 is 5.32 Å². The fraction of sp³-hybridized carbons (Fsp3) is 0.800. The zero-order chi connectivity index (χ0) is 10.4. The molecule has 78 valence electrons. The highest BCUT2D eigenvalue weighted by Crippen LogP contribution is 2.22. The average molecular weight is 195 g/mol. The Labute approximate surface area is 84.9 Å². The second-order valence-corrected chi connectivity index (χ2v) is 3.67. The molecular weight excluding hydrogens is 178 g/mol. The van der Waals surface area contributed by atoms with E-state index in [-0.39, 0.29) is 5.91 Å². The lowest BCUT2D eigenvalue weighted by molar-refractivity contribution is -0.122. The molecule has 1 fully saturated rings. The maximum Gasteiger partial charge on any atom is 0.233 e. The van der Waals surface area contributed by atoms with Gasteiger partial charge in [-0.05, 0) is 12.8 Å². The van der Waals surface area contributed by atoms with Crippen LogP contribution >= 0.6 is 0 Å². The van der Waals surface area contributed by atoms with Gasteiger partial charge in [-0.3, -0.25) is 9.69 Å². The molecule has 0 bridgehead atoms. The lowest BCUT2D eigenvalue weighted by atomic mass is 10.2. The van der Waals surface area contributed by atoms with E-state index in [2.05, 4.69) is 11.4 Å². The molecule has 0 atom stereocenters. The molecule has 1 aliphatic carbocycles. The third-order valence-corrected chi connectivity index (χ3v) is 2.74. The number of hydrogen-bond donors (Lipinski definition) is 1. The van der Waals surface area contributed by atoms with Gasteiger partial charge in [0.25, 0.3) is 0 Å². The number of carbonyl (C=O) groups is 1. The monoisotopic (exact) mass is 195 g/mol. The minimum Gasteiger partial charge on any atom is -0.358 e. The maximum atomic E-state index is 11.2. The van der Waals surface area contributed by atoms with E-state index in [1.54, 1.807) is 7.05 Å². The number of nitrogens with one attached hydrogen (secondary N) is 1. The van der Waals surface area contributed by atoms with Crippen molar-refractivity contribution in [3.63, 3.8) is 0 Å². The summed E-state index contributed by atoms with van der Waals surface area (Å²) >= 11 is 0. The van der Waals surface area contributed by atoms with Gasteiger partial charge in [0.05, 0.1) is 19.2 Å². The van der Waals surface area contributed by atoms with Gasteiger partial charge in [-0.25, -0.2) is 0 Å². The molecule has 4 heteroatoms. The lowest BCUT2D eigenvalue weighted by Crippen LogP contribution is -2.41. The van der Waals surface area contributed by atoms with Crippen LogP contribution in [0.25, 0.3) is 0 Å². The molecule has 14 heavy (non-hydrogen) atoms. The molecule has 1 N–H and O–H groups in total. The van der Waals surface area contributed by atoms with E-state index in [1.165, 1.54) is 12.8 Å². The summed E-state index contributed by atoms with van der Waals surface area (Å²) in [5.74, 6) is -0.00727. The molecule has 0 spiro atoms. The molecular formula is C10H17N3O.